The molecule has 2 rings (SSSR count). The van der Waals surface area contributed by atoms with E-state index in [1.807, 2.05) is 0 Å². The molecule has 0 saturated heterocycles. The van der Waals surface area contributed by atoms with Crippen LogP contribution in [0.3, 0.4) is 0 Å². The van der Waals surface area contributed by atoms with Crippen LogP contribution in [0.5, 0.6) is 11.5 Å². The van der Waals surface area contributed by atoms with Crippen molar-refractivity contribution in [2.24, 2.45) is 11.5 Å². The molecule has 6 N–H and O–H groups in total. The summed E-state index contributed by atoms with van der Waals surface area (Å²) in [5.74, 6) is -1.25. The molecule has 27 heavy (non-hydrogen) atoms. The first kappa shape index (κ1) is 20.4. The lowest BCUT2D eigenvalue weighted by molar-refractivity contribution is -0.142. The zero-order valence-corrected chi connectivity index (χ0v) is 15.3. The number of nitrogens with two attached hydrogens (primary N) is 2. The van der Waals surface area contributed by atoms with Crippen LogP contribution in [0, 0.1) is 0 Å². The topological polar surface area (TPSA) is 136 Å². The van der Waals surface area contributed by atoms with Gasteiger partial charge in [0.25, 0.3) is 0 Å². The normalized spacial score (nSPS) is 15.4. The van der Waals surface area contributed by atoms with Gasteiger partial charge in [0, 0.05) is 12.8 Å². The highest BCUT2D eigenvalue weighted by Crippen LogP contribution is 2.20. The lowest BCUT2D eigenvalue weighted by atomic mass is 9.93. The molecule has 0 bridgehead atoms. The van der Waals surface area contributed by atoms with Crippen LogP contribution < -0.4 is 16.2 Å². The number of carboxylic acids is 1. The SMILES string of the molecule is C[C@](N)(Cc1ccc(OC(=O)[C@@](C)(N)Cc2ccc(O)cc2)cc1)C(=O)O. The third-order valence-corrected chi connectivity index (χ3v) is 4.17. The van der Waals surface area contributed by atoms with E-state index >= 15 is 0 Å². The van der Waals surface area contributed by atoms with Crippen LogP contribution in [0.2, 0.25) is 0 Å². The van der Waals surface area contributed by atoms with E-state index in [0.717, 1.165) is 5.56 Å². The van der Waals surface area contributed by atoms with Gasteiger partial charge in [0.05, 0.1) is 0 Å². The first-order valence-corrected chi connectivity index (χ1v) is 8.40. The molecule has 0 spiro atoms. The van der Waals surface area contributed by atoms with Crippen LogP contribution in [0.25, 0.3) is 0 Å². The van der Waals surface area contributed by atoms with Gasteiger partial charge >= 0.3 is 11.9 Å². The largest absolute Gasteiger partial charge is 0.508 e. The summed E-state index contributed by atoms with van der Waals surface area (Å²) >= 11 is 0. The van der Waals surface area contributed by atoms with Gasteiger partial charge in [-0.2, -0.15) is 0 Å². The van der Waals surface area contributed by atoms with Crippen LogP contribution in [0.1, 0.15) is 25.0 Å². The Morgan fingerprint density at radius 1 is 0.889 bits per heavy atom. The van der Waals surface area contributed by atoms with Crippen LogP contribution in [-0.2, 0) is 22.4 Å². The second-order valence-electron chi connectivity index (χ2n) is 7.19. The summed E-state index contributed by atoms with van der Waals surface area (Å²) in [4.78, 5) is 23.5. The Morgan fingerprint density at radius 3 is 1.81 bits per heavy atom. The number of aromatic hydroxyl groups is 1. The summed E-state index contributed by atoms with van der Waals surface area (Å²) in [6, 6.07) is 12.9. The van der Waals surface area contributed by atoms with E-state index in [0.29, 0.717) is 11.3 Å². The average Bonchev–Trinajstić information content (AvgIpc) is 2.58. The van der Waals surface area contributed by atoms with Crippen molar-refractivity contribution in [1.82, 2.24) is 0 Å². The third-order valence-electron chi connectivity index (χ3n) is 4.17. The molecule has 7 heteroatoms. The number of carbonyl (C=O) groups excluding carboxylic acids is 1. The van der Waals surface area contributed by atoms with E-state index in [-0.39, 0.29) is 18.6 Å². The maximum Gasteiger partial charge on any atom is 0.331 e. The molecule has 0 radical (unpaired) electrons. The van der Waals surface area contributed by atoms with E-state index < -0.39 is 23.0 Å². The Labute approximate surface area is 157 Å². The van der Waals surface area contributed by atoms with Crippen molar-refractivity contribution in [3.05, 3.63) is 59.7 Å². The molecule has 0 aliphatic carbocycles. The predicted molar refractivity (Wildman–Crippen MR) is 100 cm³/mol. The Balaban J connectivity index is 2.02. The standard InChI is InChI=1S/C20H24N2O5/c1-19(21,17(24)25)11-14-5-9-16(10-6-14)27-18(26)20(2,22)12-13-3-7-15(23)8-4-13/h3-10,23H,11-12,21-22H2,1-2H3,(H,24,25)/t19-,20-/m0/s1. The number of carboxylic acid groups (broad SMARTS) is 1. The van der Waals surface area contributed by atoms with Crippen molar-refractivity contribution < 1.29 is 24.5 Å². The highest BCUT2D eigenvalue weighted by molar-refractivity contribution is 5.82. The van der Waals surface area contributed by atoms with E-state index in [9.17, 15) is 14.7 Å². The molecule has 2 atom stereocenters. The summed E-state index contributed by atoms with van der Waals surface area (Å²) in [5, 5.41) is 18.4. The zero-order valence-electron chi connectivity index (χ0n) is 15.3. The summed E-state index contributed by atoms with van der Waals surface area (Å²) in [6.07, 6.45) is 0.389. The molecule has 0 heterocycles. The number of carbonyl (C=O) groups is 2. The van der Waals surface area contributed by atoms with Gasteiger partial charge in [-0.25, -0.2) is 4.79 Å². The summed E-state index contributed by atoms with van der Waals surface area (Å²) in [7, 11) is 0. The van der Waals surface area contributed by atoms with Crippen molar-refractivity contribution in [2.45, 2.75) is 37.8 Å². The van der Waals surface area contributed by atoms with Gasteiger partial charge in [-0.05, 0) is 49.2 Å². The molecule has 0 fully saturated rings. The van der Waals surface area contributed by atoms with Crippen molar-refractivity contribution in [1.29, 1.82) is 0 Å². The number of hydrogen-bond acceptors (Lipinski definition) is 6. The van der Waals surface area contributed by atoms with Crippen LogP contribution in [0.4, 0.5) is 0 Å². The minimum Gasteiger partial charge on any atom is -0.508 e. The number of esters is 1. The van der Waals surface area contributed by atoms with Crippen LogP contribution in [0.15, 0.2) is 48.5 Å². The Bertz CT molecular complexity index is 811. The maximum atomic E-state index is 12.4. The monoisotopic (exact) mass is 372 g/mol. The van der Waals surface area contributed by atoms with Gasteiger partial charge in [0.15, 0.2) is 0 Å². The van der Waals surface area contributed by atoms with Gasteiger partial charge in [-0.1, -0.05) is 24.3 Å². The highest BCUT2D eigenvalue weighted by atomic mass is 16.5. The van der Waals surface area contributed by atoms with E-state index in [2.05, 4.69) is 0 Å². The number of rotatable bonds is 7. The van der Waals surface area contributed by atoms with Crippen molar-refractivity contribution in [3.63, 3.8) is 0 Å². The number of hydrogen-bond donors (Lipinski definition) is 4. The number of benzene rings is 2. The molecule has 0 aromatic heterocycles. The van der Waals surface area contributed by atoms with Gasteiger partial charge in [0.2, 0.25) is 0 Å². The fourth-order valence-corrected chi connectivity index (χ4v) is 2.51. The van der Waals surface area contributed by atoms with Crippen molar-refractivity contribution in [3.8, 4) is 11.5 Å². The Morgan fingerprint density at radius 2 is 1.33 bits per heavy atom. The van der Waals surface area contributed by atoms with Crippen molar-refractivity contribution >= 4 is 11.9 Å². The molecule has 0 unspecified atom stereocenters. The van der Waals surface area contributed by atoms with E-state index in [4.69, 9.17) is 21.3 Å². The molecule has 144 valence electrons. The zero-order chi connectivity index (χ0) is 20.2. The summed E-state index contributed by atoms with van der Waals surface area (Å²) < 4.78 is 5.35. The second-order valence-corrected chi connectivity index (χ2v) is 7.19. The predicted octanol–water partition coefficient (Wildman–Crippen LogP) is 1.60. The average molecular weight is 372 g/mol. The molecule has 0 aliphatic rings. The molecule has 2 aromatic rings. The van der Waals surface area contributed by atoms with Gasteiger partial charge in [-0.15, -0.1) is 0 Å². The highest BCUT2D eigenvalue weighted by Gasteiger charge is 2.31. The van der Waals surface area contributed by atoms with Crippen LogP contribution >= 0.6 is 0 Å². The number of phenols is 1. The van der Waals surface area contributed by atoms with E-state index in [1.165, 1.54) is 19.1 Å². The molecule has 0 saturated carbocycles. The summed E-state index contributed by atoms with van der Waals surface area (Å²) in [5.41, 5.74) is 10.7. The first-order chi connectivity index (χ1) is 12.5. The molecule has 0 aliphatic heterocycles. The molecule has 7 nitrogen and oxygen atoms in total. The smallest absolute Gasteiger partial charge is 0.331 e. The minimum absolute atomic E-state index is 0.136. The molecule has 0 amide bonds. The second kappa shape index (κ2) is 7.77. The number of ether oxygens (including phenoxy) is 1. The number of aliphatic carboxylic acids is 1. The minimum atomic E-state index is -1.38. The molecular weight excluding hydrogens is 348 g/mol. The van der Waals surface area contributed by atoms with Gasteiger partial charge in [0.1, 0.15) is 22.6 Å². The van der Waals surface area contributed by atoms with Gasteiger partial charge < -0.3 is 26.4 Å². The third kappa shape index (κ3) is 5.54. The molecular formula is C20H24N2O5. The fraction of sp³-hybridized carbons (Fsp3) is 0.300. The van der Waals surface area contributed by atoms with Crippen LogP contribution in [-0.4, -0.2) is 33.2 Å². The van der Waals surface area contributed by atoms with E-state index in [1.54, 1.807) is 43.3 Å². The van der Waals surface area contributed by atoms with Gasteiger partial charge in [-0.3, -0.25) is 4.79 Å². The maximum absolute atomic E-state index is 12.4. The fourth-order valence-electron chi connectivity index (χ4n) is 2.51. The molecule has 2 aromatic carbocycles. The number of phenolic OH excluding ortho intramolecular Hbond substituents is 1. The lowest BCUT2D eigenvalue weighted by Gasteiger charge is -2.23. The Hall–Kier alpha value is -2.90. The lowest BCUT2D eigenvalue weighted by Crippen LogP contribution is -2.49. The quantitative estimate of drug-likeness (QED) is 0.428. The first-order valence-electron chi connectivity index (χ1n) is 8.40. The Kier molecular flexibility index (Phi) is 5.88. The summed E-state index contributed by atoms with van der Waals surface area (Å²) in [6.45, 7) is 3.01. The van der Waals surface area contributed by atoms with Crippen molar-refractivity contribution in [2.75, 3.05) is 0 Å².